The number of aliphatic hydroxyl groups is 1. The van der Waals surface area contributed by atoms with E-state index in [-0.39, 0.29) is 6.61 Å². The molecule has 0 spiro atoms. The van der Waals surface area contributed by atoms with Gasteiger partial charge in [0.15, 0.2) is 0 Å². The van der Waals surface area contributed by atoms with Crippen LogP contribution in [0.15, 0.2) is 30.3 Å². The lowest BCUT2D eigenvalue weighted by atomic mass is 10.2. The molecular weight excluding hydrogens is 352 g/mol. The van der Waals surface area contributed by atoms with E-state index in [1.54, 1.807) is 12.1 Å². The first kappa shape index (κ1) is 20.1. The van der Waals surface area contributed by atoms with E-state index in [4.69, 9.17) is 15.4 Å². The van der Waals surface area contributed by atoms with Crippen LogP contribution < -0.4 is 15.5 Å². The molecule has 148 valence electrons. The Morgan fingerprint density at radius 1 is 1.32 bits per heavy atom. The van der Waals surface area contributed by atoms with Crippen LogP contribution in [0.2, 0.25) is 0 Å². The summed E-state index contributed by atoms with van der Waals surface area (Å²) in [6.45, 7) is 4.70. The van der Waals surface area contributed by atoms with E-state index < -0.39 is 0 Å². The van der Waals surface area contributed by atoms with E-state index in [0.29, 0.717) is 24.1 Å². The highest BCUT2D eigenvalue weighted by atomic mass is 16.3. The molecule has 1 saturated heterocycles. The van der Waals surface area contributed by atoms with E-state index in [9.17, 15) is 0 Å². The van der Waals surface area contributed by atoms with Gasteiger partial charge in [0.05, 0.1) is 18.2 Å². The number of benzene rings is 1. The van der Waals surface area contributed by atoms with Crippen molar-refractivity contribution in [3.8, 4) is 6.07 Å². The molecule has 1 aromatic carbocycles. The zero-order valence-electron chi connectivity index (χ0n) is 16.4. The molecule has 3 rings (SSSR count). The van der Waals surface area contributed by atoms with Gasteiger partial charge in [0, 0.05) is 43.1 Å². The number of aryl methyl sites for hydroxylation is 1. The Morgan fingerprint density at radius 3 is 3.00 bits per heavy atom. The van der Waals surface area contributed by atoms with E-state index in [0.717, 1.165) is 56.0 Å². The van der Waals surface area contributed by atoms with E-state index in [2.05, 4.69) is 39.6 Å². The molecule has 1 atom stereocenters. The van der Waals surface area contributed by atoms with Gasteiger partial charge in [0.2, 0.25) is 5.95 Å². The number of nitriles is 1. The normalized spacial score (nSPS) is 16.2. The molecule has 1 aromatic heterocycles. The fourth-order valence-corrected chi connectivity index (χ4v) is 3.56. The first-order valence-corrected chi connectivity index (χ1v) is 9.97. The molecule has 28 heavy (non-hydrogen) atoms. The maximum Gasteiger partial charge on any atom is 0.229 e. The number of aromatic nitrogens is 2. The van der Waals surface area contributed by atoms with Crippen molar-refractivity contribution < 1.29 is 5.11 Å². The maximum absolute atomic E-state index is 9.11. The summed E-state index contributed by atoms with van der Waals surface area (Å²) < 4.78 is 0. The van der Waals surface area contributed by atoms with Crippen LogP contribution in [0.1, 0.15) is 37.4 Å². The summed E-state index contributed by atoms with van der Waals surface area (Å²) in [7, 11) is 0. The van der Waals surface area contributed by atoms with Gasteiger partial charge in [-0.05, 0) is 37.5 Å². The smallest absolute Gasteiger partial charge is 0.229 e. The lowest BCUT2D eigenvalue weighted by Crippen LogP contribution is -2.39. The predicted molar refractivity (Wildman–Crippen MR) is 111 cm³/mol. The molecule has 0 unspecified atom stereocenters. The second-order valence-corrected chi connectivity index (χ2v) is 7.03. The van der Waals surface area contributed by atoms with Crippen molar-refractivity contribution in [2.45, 2.75) is 38.6 Å². The molecule has 1 aliphatic heterocycles. The summed E-state index contributed by atoms with van der Waals surface area (Å²) in [4.78, 5) is 11.8. The lowest BCUT2D eigenvalue weighted by molar-refractivity contribution is 0.291. The third kappa shape index (κ3) is 5.18. The van der Waals surface area contributed by atoms with Crippen LogP contribution in [-0.4, -0.2) is 47.4 Å². The van der Waals surface area contributed by atoms with E-state index in [1.807, 2.05) is 12.1 Å². The molecule has 0 saturated carbocycles. The third-order valence-corrected chi connectivity index (χ3v) is 4.86. The van der Waals surface area contributed by atoms with Crippen molar-refractivity contribution in [1.29, 1.82) is 5.26 Å². The van der Waals surface area contributed by atoms with Crippen LogP contribution in [0.5, 0.6) is 0 Å². The lowest BCUT2D eigenvalue weighted by Gasteiger charge is -2.26. The second kappa shape index (κ2) is 10.0. The number of nitrogens with one attached hydrogen (secondary N) is 2. The summed E-state index contributed by atoms with van der Waals surface area (Å²) in [5.74, 6) is 1.50. The van der Waals surface area contributed by atoms with E-state index in [1.165, 1.54) is 0 Å². The molecule has 0 amide bonds. The Balaban J connectivity index is 1.83. The van der Waals surface area contributed by atoms with Crippen molar-refractivity contribution in [3.63, 3.8) is 0 Å². The molecule has 2 aromatic rings. The van der Waals surface area contributed by atoms with Gasteiger partial charge in [0.1, 0.15) is 5.82 Å². The number of aliphatic hydroxyl groups excluding tert-OH is 1. The maximum atomic E-state index is 9.11. The molecule has 7 nitrogen and oxygen atoms in total. The minimum atomic E-state index is 0.150. The van der Waals surface area contributed by atoms with Gasteiger partial charge < -0.3 is 20.6 Å². The number of hydrogen-bond acceptors (Lipinski definition) is 7. The second-order valence-electron chi connectivity index (χ2n) is 7.03. The van der Waals surface area contributed by atoms with Crippen molar-refractivity contribution in [2.75, 3.05) is 36.5 Å². The minimum absolute atomic E-state index is 0.150. The third-order valence-electron chi connectivity index (χ3n) is 4.86. The molecule has 1 aliphatic rings. The number of rotatable bonds is 9. The molecule has 0 radical (unpaired) electrons. The number of hydrogen-bond donors (Lipinski definition) is 3. The van der Waals surface area contributed by atoms with Crippen LogP contribution >= 0.6 is 0 Å². The average molecular weight is 380 g/mol. The molecule has 7 heteroatoms. The van der Waals surface area contributed by atoms with Crippen LogP contribution in [0, 0.1) is 11.3 Å². The Labute approximate surface area is 166 Å². The predicted octanol–water partition coefficient (Wildman–Crippen LogP) is 2.60. The van der Waals surface area contributed by atoms with Gasteiger partial charge in [-0.1, -0.05) is 19.4 Å². The standard InChI is InChI=1S/C21H28N6O/c1-2-5-17-13-20(27-10-4-8-19(27)15-23-9-11-28)26-21(24-17)25-18-7-3-6-16(12-18)14-22/h3,6-7,12-13,19,23,28H,2,4-5,8-11,15H2,1H3,(H,24,25,26)/t19-/m0/s1. The van der Waals surface area contributed by atoms with Crippen molar-refractivity contribution in [1.82, 2.24) is 15.3 Å². The molecule has 0 bridgehead atoms. The van der Waals surface area contributed by atoms with Gasteiger partial charge in [0.25, 0.3) is 0 Å². The fraction of sp³-hybridized carbons (Fsp3) is 0.476. The summed E-state index contributed by atoms with van der Waals surface area (Å²) in [6.07, 6.45) is 4.15. The quantitative estimate of drug-likeness (QED) is 0.575. The summed E-state index contributed by atoms with van der Waals surface area (Å²) in [5, 5.41) is 24.7. The molecule has 0 aliphatic carbocycles. The summed E-state index contributed by atoms with van der Waals surface area (Å²) in [5.41, 5.74) is 2.42. The van der Waals surface area contributed by atoms with Crippen LogP contribution in [0.4, 0.5) is 17.5 Å². The Hall–Kier alpha value is -2.69. The largest absolute Gasteiger partial charge is 0.395 e. The first-order chi connectivity index (χ1) is 13.7. The van der Waals surface area contributed by atoms with Crippen LogP contribution in [0.25, 0.3) is 0 Å². The SMILES string of the molecule is CCCc1cc(N2CCC[C@H]2CNCCO)nc(Nc2cccc(C#N)c2)n1. The van der Waals surface area contributed by atoms with Crippen LogP contribution in [0.3, 0.4) is 0 Å². The zero-order valence-corrected chi connectivity index (χ0v) is 16.4. The molecule has 3 N–H and O–H groups in total. The van der Waals surface area contributed by atoms with Gasteiger partial charge in [-0.15, -0.1) is 0 Å². The average Bonchev–Trinajstić information content (AvgIpc) is 3.17. The molecule has 1 fully saturated rings. The topological polar surface area (TPSA) is 97.1 Å². The van der Waals surface area contributed by atoms with E-state index >= 15 is 0 Å². The summed E-state index contributed by atoms with van der Waals surface area (Å²) in [6, 6.07) is 11.9. The molecular formula is C21H28N6O. The highest BCUT2D eigenvalue weighted by Crippen LogP contribution is 2.26. The van der Waals surface area contributed by atoms with Crippen molar-refractivity contribution in [3.05, 3.63) is 41.6 Å². The Kier molecular flexibility index (Phi) is 7.18. The van der Waals surface area contributed by atoms with Crippen molar-refractivity contribution >= 4 is 17.5 Å². The van der Waals surface area contributed by atoms with Gasteiger partial charge in [-0.25, -0.2) is 4.98 Å². The minimum Gasteiger partial charge on any atom is -0.395 e. The monoisotopic (exact) mass is 380 g/mol. The van der Waals surface area contributed by atoms with Gasteiger partial charge in [-0.2, -0.15) is 10.2 Å². The van der Waals surface area contributed by atoms with Crippen LogP contribution in [-0.2, 0) is 6.42 Å². The zero-order chi connectivity index (χ0) is 19.8. The molecule has 2 heterocycles. The number of nitrogens with zero attached hydrogens (tertiary/aromatic N) is 4. The first-order valence-electron chi connectivity index (χ1n) is 9.97. The Morgan fingerprint density at radius 2 is 2.21 bits per heavy atom. The van der Waals surface area contributed by atoms with Gasteiger partial charge in [-0.3, -0.25) is 0 Å². The summed E-state index contributed by atoms with van der Waals surface area (Å²) >= 11 is 0. The Bertz CT molecular complexity index is 819. The highest BCUT2D eigenvalue weighted by molar-refractivity contribution is 5.58. The van der Waals surface area contributed by atoms with Gasteiger partial charge >= 0.3 is 0 Å². The van der Waals surface area contributed by atoms with Crippen molar-refractivity contribution in [2.24, 2.45) is 0 Å². The highest BCUT2D eigenvalue weighted by Gasteiger charge is 2.26. The fourth-order valence-electron chi connectivity index (χ4n) is 3.56. The number of anilines is 3.